The number of hydrogen-bond acceptors (Lipinski definition) is 7. The van der Waals surface area contributed by atoms with E-state index in [9.17, 15) is 4.79 Å². The van der Waals surface area contributed by atoms with Crippen LogP contribution in [-0.2, 0) is 4.74 Å². The summed E-state index contributed by atoms with van der Waals surface area (Å²) in [7, 11) is 0. The van der Waals surface area contributed by atoms with E-state index in [1.54, 1.807) is 24.3 Å². The topological polar surface area (TPSA) is 85.0 Å². The van der Waals surface area contributed by atoms with Gasteiger partial charge in [-0.05, 0) is 48.5 Å². The number of pyridine rings is 1. The lowest BCUT2D eigenvalue weighted by Crippen LogP contribution is -2.36. The largest absolute Gasteiger partial charge is 0.454 e. The molecule has 0 radical (unpaired) electrons. The number of ether oxygens (including phenoxy) is 3. The summed E-state index contributed by atoms with van der Waals surface area (Å²) in [6, 6.07) is 23.0. The second-order valence-electron chi connectivity index (χ2n) is 8.37. The van der Waals surface area contributed by atoms with E-state index < -0.39 is 0 Å². The Morgan fingerprint density at radius 1 is 0.857 bits per heavy atom. The number of nitrogens with one attached hydrogen (secondary N) is 2. The van der Waals surface area contributed by atoms with Crippen molar-refractivity contribution in [2.24, 2.45) is 0 Å². The van der Waals surface area contributed by atoms with Crippen LogP contribution in [0.3, 0.4) is 0 Å². The number of benzene rings is 3. The fourth-order valence-electron chi connectivity index (χ4n) is 4.33. The van der Waals surface area contributed by atoms with Gasteiger partial charge in [0.2, 0.25) is 6.79 Å². The van der Waals surface area contributed by atoms with Gasteiger partial charge in [-0.3, -0.25) is 4.79 Å². The molecule has 176 valence electrons. The van der Waals surface area contributed by atoms with Gasteiger partial charge in [-0.2, -0.15) is 0 Å². The molecule has 0 bridgehead atoms. The van der Waals surface area contributed by atoms with Crippen LogP contribution in [0.4, 0.5) is 22.9 Å². The summed E-state index contributed by atoms with van der Waals surface area (Å²) >= 11 is 0. The molecular formula is C27H24N4O4. The lowest BCUT2D eigenvalue weighted by molar-refractivity contribution is 0.102. The van der Waals surface area contributed by atoms with E-state index in [1.807, 2.05) is 36.4 Å². The number of para-hydroxylation sites is 1. The van der Waals surface area contributed by atoms with E-state index in [2.05, 4.69) is 27.7 Å². The van der Waals surface area contributed by atoms with Gasteiger partial charge >= 0.3 is 0 Å². The highest BCUT2D eigenvalue weighted by molar-refractivity contribution is 6.13. The summed E-state index contributed by atoms with van der Waals surface area (Å²) < 4.78 is 16.2. The third-order valence-electron chi connectivity index (χ3n) is 6.11. The van der Waals surface area contributed by atoms with Gasteiger partial charge in [0.1, 0.15) is 5.82 Å². The van der Waals surface area contributed by atoms with Crippen molar-refractivity contribution < 1.29 is 19.0 Å². The van der Waals surface area contributed by atoms with E-state index in [4.69, 9.17) is 19.2 Å². The van der Waals surface area contributed by atoms with Crippen molar-refractivity contribution in [2.45, 2.75) is 0 Å². The molecule has 8 heteroatoms. The third-order valence-corrected chi connectivity index (χ3v) is 6.11. The van der Waals surface area contributed by atoms with Crippen molar-refractivity contribution in [3.05, 3.63) is 78.4 Å². The molecule has 1 saturated heterocycles. The Balaban J connectivity index is 1.26. The van der Waals surface area contributed by atoms with Crippen molar-refractivity contribution in [3.63, 3.8) is 0 Å². The highest BCUT2D eigenvalue weighted by Crippen LogP contribution is 2.34. The number of hydrogen-bond donors (Lipinski definition) is 2. The summed E-state index contributed by atoms with van der Waals surface area (Å²) in [6.45, 7) is 3.46. The molecule has 8 nitrogen and oxygen atoms in total. The van der Waals surface area contributed by atoms with E-state index in [1.165, 1.54) is 0 Å². The van der Waals surface area contributed by atoms with Gasteiger partial charge in [0.05, 0.1) is 24.3 Å². The second-order valence-corrected chi connectivity index (χ2v) is 8.37. The van der Waals surface area contributed by atoms with Crippen LogP contribution in [0.1, 0.15) is 10.4 Å². The lowest BCUT2D eigenvalue weighted by atomic mass is 10.1. The molecule has 4 aromatic rings. The summed E-state index contributed by atoms with van der Waals surface area (Å²) in [6.07, 6.45) is 0. The maximum Gasteiger partial charge on any atom is 0.256 e. The average Bonchev–Trinajstić information content (AvgIpc) is 3.37. The molecule has 0 aliphatic carbocycles. The maximum atomic E-state index is 13.3. The van der Waals surface area contributed by atoms with Crippen molar-refractivity contribution in [1.82, 2.24) is 4.98 Å². The molecule has 3 heterocycles. The maximum absolute atomic E-state index is 13.3. The van der Waals surface area contributed by atoms with E-state index in [0.717, 1.165) is 48.6 Å². The molecule has 2 aliphatic heterocycles. The smallest absolute Gasteiger partial charge is 0.256 e. The molecular weight excluding hydrogens is 444 g/mol. The number of nitrogens with zero attached hydrogens (tertiary/aromatic N) is 2. The number of aromatic nitrogens is 1. The standard InChI is InChI=1S/C27H24N4O4/c32-27(29-19-7-10-24-25(15-19)35-17-34-24)22-16-26(30-23-4-2-1-3-21(22)23)28-18-5-8-20(9-6-18)31-11-13-33-14-12-31/h1-10,15-16H,11-14,17H2,(H,28,30)(H,29,32). The van der Waals surface area contributed by atoms with Crippen molar-refractivity contribution >= 4 is 39.7 Å². The fourth-order valence-corrected chi connectivity index (χ4v) is 4.33. The quantitative estimate of drug-likeness (QED) is 0.435. The average molecular weight is 469 g/mol. The zero-order chi connectivity index (χ0) is 23.6. The van der Waals surface area contributed by atoms with Crippen LogP contribution >= 0.6 is 0 Å². The highest BCUT2D eigenvalue weighted by atomic mass is 16.7. The van der Waals surface area contributed by atoms with Gasteiger partial charge < -0.3 is 29.7 Å². The third kappa shape index (κ3) is 4.43. The number of morpholine rings is 1. The van der Waals surface area contributed by atoms with E-state index >= 15 is 0 Å². The number of carbonyl (C=O) groups excluding carboxylic acids is 1. The van der Waals surface area contributed by atoms with Crippen LogP contribution < -0.4 is 25.0 Å². The first kappa shape index (κ1) is 21.2. The Labute approximate surface area is 202 Å². The molecule has 35 heavy (non-hydrogen) atoms. The zero-order valence-corrected chi connectivity index (χ0v) is 19.0. The Bertz CT molecular complexity index is 1380. The van der Waals surface area contributed by atoms with Crippen LogP contribution in [-0.4, -0.2) is 44.0 Å². The summed E-state index contributed by atoms with van der Waals surface area (Å²) in [5.74, 6) is 1.65. The molecule has 3 aromatic carbocycles. The Kier molecular flexibility index (Phi) is 5.56. The first-order valence-electron chi connectivity index (χ1n) is 11.5. The molecule has 1 aromatic heterocycles. The highest BCUT2D eigenvalue weighted by Gasteiger charge is 2.17. The summed E-state index contributed by atoms with van der Waals surface area (Å²) in [4.78, 5) is 20.3. The molecule has 1 fully saturated rings. The van der Waals surface area contributed by atoms with Gasteiger partial charge in [0.15, 0.2) is 11.5 Å². The zero-order valence-electron chi connectivity index (χ0n) is 19.0. The molecule has 0 unspecified atom stereocenters. The van der Waals surface area contributed by atoms with Crippen molar-refractivity contribution in [3.8, 4) is 11.5 Å². The second kappa shape index (κ2) is 9.15. The van der Waals surface area contributed by atoms with Gasteiger partial charge in [-0.1, -0.05) is 18.2 Å². The normalized spacial score (nSPS) is 14.7. The van der Waals surface area contributed by atoms with E-state index in [-0.39, 0.29) is 12.7 Å². The number of anilines is 4. The van der Waals surface area contributed by atoms with Gasteiger partial charge in [0.25, 0.3) is 5.91 Å². The van der Waals surface area contributed by atoms with Crippen LogP contribution in [0.15, 0.2) is 72.8 Å². The minimum absolute atomic E-state index is 0.185. The number of fused-ring (bicyclic) bond motifs is 2. The first-order chi connectivity index (χ1) is 17.2. The number of rotatable bonds is 5. The first-order valence-corrected chi connectivity index (χ1v) is 11.5. The molecule has 0 saturated carbocycles. The minimum Gasteiger partial charge on any atom is -0.454 e. The van der Waals surface area contributed by atoms with Gasteiger partial charge in [-0.15, -0.1) is 0 Å². The van der Waals surface area contributed by atoms with Crippen LogP contribution in [0.5, 0.6) is 11.5 Å². The molecule has 0 atom stereocenters. The predicted molar refractivity (Wildman–Crippen MR) is 135 cm³/mol. The van der Waals surface area contributed by atoms with Crippen molar-refractivity contribution in [2.75, 3.05) is 48.6 Å². The predicted octanol–water partition coefficient (Wildman–Crippen LogP) is 4.80. The molecule has 1 amide bonds. The molecule has 2 N–H and O–H groups in total. The minimum atomic E-state index is -0.229. The van der Waals surface area contributed by atoms with Gasteiger partial charge in [0, 0.05) is 41.6 Å². The fraction of sp³-hybridized carbons (Fsp3) is 0.185. The number of amides is 1. The summed E-state index contributed by atoms with van der Waals surface area (Å²) in [5.41, 5.74) is 3.95. The van der Waals surface area contributed by atoms with E-state index in [0.29, 0.717) is 28.6 Å². The van der Waals surface area contributed by atoms with Crippen LogP contribution in [0.25, 0.3) is 10.9 Å². The SMILES string of the molecule is O=C(Nc1ccc2c(c1)OCO2)c1cc(Nc2ccc(N3CCOCC3)cc2)nc2ccccc12. The van der Waals surface area contributed by atoms with Gasteiger partial charge in [-0.25, -0.2) is 4.98 Å². The Morgan fingerprint density at radius 3 is 2.49 bits per heavy atom. The van der Waals surface area contributed by atoms with Crippen LogP contribution in [0, 0.1) is 0 Å². The summed E-state index contributed by atoms with van der Waals surface area (Å²) in [5, 5.41) is 7.09. The Morgan fingerprint density at radius 2 is 1.63 bits per heavy atom. The van der Waals surface area contributed by atoms with Crippen molar-refractivity contribution in [1.29, 1.82) is 0 Å². The molecule has 2 aliphatic rings. The monoisotopic (exact) mass is 468 g/mol. The molecule has 0 spiro atoms. The lowest BCUT2D eigenvalue weighted by Gasteiger charge is -2.28. The Hall–Kier alpha value is -4.30. The van der Waals surface area contributed by atoms with Crippen LogP contribution in [0.2, 0.25) is 0 Å². The number of carbonyl (C=O) groups is 1. The molecule has 6 rings (SSSR count).